The van der Waals surface area contributed by atoms with Crippen LogP contribution in [0.4, 0.5) is 0 Å². The maximum atomic E-state index is 12.2. The van der Waals surface area contributed by atoms with Crippen LogP contribution in [0.25, 0.3) is 0 Å². The highest BCUT2D eigenvalue weighted by Crippen LogP contribution is 2.27. The average molecular weight is 301 g/mol. The summed E-state index contributed by atoms with van der Waals surface area (Å²) in [6.45, 7) is 0. The van der Waals surface area contributed by atoms with Crippen LogP contribution < -0.4 is 10.1 Å². The quantitative estimate of drug-likeness (QED) is 0.927. The Bertz CT molecular complexity index is 603. The first-order valence-electron chi connectivity index (χ1n) is 7.42. The molecule has 7 heteroatoms. The number of ether oxygens (including phenoxy) is 1. The molecule has 1 amide bonds. The summed E-state index contributed by atoms with van der Waals surface area (Å²) in [4.78, 5) is 20.2. The van der Waals surface area contributed by atoms with Crippen molar-refractivity contribution in [2.45, 2.75) is 37.8 Å². The molecule has 2 aromatic rings. The highest BCUT2D eigenvalue weighted by molar-refractivity contribution is 5.92. The fourth-order valence-electron chi connectivity index (χ4n) is 2.78. The van der Waals surface area contributed by atoms with Gasteiger partial charge in [0.1, 0.15) is 5.69 Å². The molecule has 1 saturated carbocycles. The number of hydrogen-bond acceptors (Lipinski definition) is 5. The van der Waals surface area contributed by atoms with Crippen LogP contribution >= 0.6 is 0 Å². The van der Waals surface area contributed by atoms with Gasteiger partial charge < -0.3 is 10.1 Å². The van der Waals surface area contributed by atoms with Crippen LogP contribution in [0, 0.1) is 0 Å². The summed E-state index contributed by atoms with van der Waals surface area (Å²) in [7, 11) is 1.52. The number of carbonyl (C=O) groups is 1. The van der Waals surface area contributed by atoms with Gasteiger partial charge in [-0.1, -0.05) is 0 Å². The number of aromatic nitrogens is 4. The molecule has 2 heterocycles. The van der Waals surface area contributed by atoms with E-state index in [0.29, 0.717) is 17.6 Å². The Morgan fingerprint density at radius 1 is 1.27 bits per heavy atom. The second-order valence-electron chi connectivity index (χ2n) is 5.41. The van der Waals surface area contributed by atoms with Crippen molar-refractivity contribution in [2.75, 3.05) is 7.11 Å². The number of amides is 1. The molecule has 0 unspecified atom stereocenters. The van der Waals surface area contributed by atoms with Crippen LogP contribution in [0.5, 0.6) is 5.88 Å². The van der Waals surface area contributed by atoms with E-state index in [2.05, 4.69) is 20.4 Å². The zero-order chi connectivity index (χ0) is 15.4. The van der Waals surface area contributed by atoms with E-state index in [-0.39, 0.29) is 11.9 Å². The lowest BCUT2D eigenvalue weighted by atomic mass is 9.91. The average Bonchev–Trinajstić information content (AvgIpc) is 3.10. The molecular formula is C15H19N5O2. The Morgan fingerprint density at radius 3 is 2.68 bits per heavy atom. The molecule has 0 aromatic carbocycles. The normalized spacial score (nSPS) is 21.3. The fourth-order valence-corrected chi connectivity index (χ4v) is 2.78. The predicted octanol–water partition coefficient (Wildman–Crippen LogP) is 1.60. The van der Waals surface area contributed by atoms with E-state index in [1.54, 1.807) is 6.20 Å². The Hall–Kier alpha value is -2.44. The molecule has 116 valence electrons. The smallest absolute Gasteiger partial charge is 0.271 e. The SMILES string of the molecule is COc1cnc(C(=O)NC2CCC(n3cccn3)CC2)cn1. The first kappa shape index (κ1) is 14.5. The van der Waals surface area contributed by atoms with Gasteiger partial charge >= 0.3 is 0 Å². The van der Waals surface area contributed by atoms with E-state index >= 15 is 0 Å². The lowest BCUT2D eigenvalue weighted by Gasteiger charge is -2.29. The summed E-state index contributed by atoms with van der Waals surface area (Å²) in [6, 6.07) is 2.56. The number of nitrogens with zero attached hydrogens (tertiary/aromatic N) is 4. The number of hydrogen-bond donors (Lipinski definition) is 1. The molecule has 0 bridgehead atoms. The van der Waals surface area contributed by atoms with Gasteiger partial charge in [0, 0.05) is 18.4 Å². The third kappa shape index (κ3) is 3.24. The molecule has 0 saturated heterocycles. The van der Waals surface area contributed by atoms with Crippen molar-refractivity contribution in [3.05, 3.63) is 36.5 Å². The molecule has 3 rings (SSSR count). The standard InChI is InChI=1S/C15H19N5O2/c1-22-14-10-16-13(9-17-14)15(21)19-11-3-5-12(6-4-11)20-8-2-7-18-20/h2,7-12H,3-6H2,1H3,(H,19,21). The van der Waals surface area contributed by atoms with Gasteiger partial charge in [-0.3, -0.25) is 9.48 Å². The minimum atomic E-state index is -0.183. The summed E-state index contributed by atoms with van der Waals surface area (Å²) in [5.41, 5.74) is 0.315. The predicted molar refractivity (Wildman–Crippen MR) is 79.6 cm³/mol. The number of methoxy groups -OCH3 is 1. The van der Waals surface area contributed by atoms with Gasteiger partial charge in [0.15, 0.2) is 0 Å². The molecule has 1 fully saturated rings. The molecule has 7 nitrogen and oxygen atoms in total. The zero-order valence-electron chi connectivity index (χ0n) is 12.5. The third-order valence-corrected chi connectivity index (χ3v) is 4.00. The number of nitrogens with one attached hydrogen (secondary N) is 1. The van der Waals surface area contributed by atoms with Gasteiger partial charge in [-0.15, -0.1) is 0 Å². The van der Waals surface area contributed by atoms with Crippen LogP contribution in [0.1, 0.15) is 42.2 Å². The first-order valence-corrected chi connectivity index (χ1v) is 7.42. The monoisotopic (exact) mass is 301 g/mol. The van der Waals surface area contributed by atoms with E-state index in [4.69, 9.17) is 4.74 Å². The van der Waals surface area contributed by atoms with Gasteiger partial charge in [0.05, 0.1) is 25.5 Å². The molecule has 1 aliphatic carbocycles. The number of carbonyl (C=O) groups excluding carboxylic acids is 1. The van der Waals surface area contributed by atoms with Crippen molar-refractivity contribution in [3.63, 3.8) is 0 Å². The van der Waals surface area contributed by atoms with Gasteiger partial charge in [-0.2, -0.15) is 5.10 Å². The van der Waals surface area contributed by atoms with Crippen molar-refractivity contribution >= 4 is 5.91 Å². The van der Waals surface area contributed by atoms with Crippen molar-refractivity contribution in [1.82, 2.24) is 25.1 Å². The lowest BCUT2D eigenvalue weighted by Crippen LogP contribution is -2.38. The first-order chi connectivity index (χ1) is 10.8. The molecule has 0 atom stereocenters. The highest BCUT2D eigenvalue weighted by Gasteiger charge is 2.24. The van der Waals surface area contributed by atoms with Crippen molar-refractivity contribution < 1.29 is 9.53 Å². The summed E-state index contributed by atoms with van der Waals surface area (Å²) in [5.74, 6) is 0.217. The largest absolute Gasteiger partial charge is 0.480 e. The lowest BCUT2D eigenvalue weighted by molar-refractivity contribution is 0.0916. The van der Waals surface area contributed by atoms with Gasteiger partial charge in [0.2, 0.25) is 5.88 Å². The molecule has 0 radical (unpaired) electrons. The topological polar surface area (TPSA) is 81.9 Å². The minimum Gasteiger partial charge on any atom is -0.480 e. The Labute approximate surface area is 128 Å². The van der Waals surface area contributed by atoms with Crippen LogP contribution in [0.3, 0.4) is 0 Å². The van der Waals surface area contributed by atoms with Crippen molar-refractivity contribution in [1.29, 1.82) is 0 Å². The van der Waals surface area contributed by atoms with Crippen LogP contribution in [0.2, 0.25) is 0 Å². The molecule has 1 N–H and O–H groups in total. The molecule has 0 aliphatic heterocycles. The third-order valence-electron chi connectivity index (χ3n) is 4.00. The maximum Gasteiger partial charge on any atom is 0.271 e. The Balaban J connectivity index is 1.52. The van der Waals surface area contributed by atoms with Crippen LogP contribution in [0.15, 0.2) is 30.9 Å². The summed E-state index contributed by atoms with van der Waals surface area (Å²) in [6.07, 6.45) is 10.6. The van der Waals surface area contributed by atoms with E-state index < -0.39 is 0 Å². The van der Waals surface area contributed by atoms with Crippen LogP contribution in [-0.4, -0.2) is 38.8 Å². The number of rotatable bonds is 4. The van der Waals surface area contributed by atoms with E-state index in [9.17, 15) is 4.79 Å². The summed E-state index contributed by atoms with van der Waals surface area (Å²) >= 11 is 0. The van der Waals surface area contributed by atoms with Gasteiger partial charge in [-0.25, -0.2) is 9.97 Å². The Morgan fingerprint density at radius 2 is 2.09 bits per heavy atom. The van der Waals surface area contributed by atoms with E-state index in [0.717, 1.165) is 25.7 Å². The zero-order valence-corrected chi connectivity index (χ0v) is 12.5. The minimum absolute atomic E-state index is 0.183. The maximum absolute atomic E-state index is 12.2. The Kier molecular flexibility index (Phi) is 4.32. The van der Waals surface area contributed by atoms with Gasteiger partial charge in [0.25, 0.3) is 5.91 Å². The fraction of sp³-hybridized carbons (Fsp3) is 0.467. The molecule has 2 aromatic heterocycles. The second-order valence-corrected chi connectivity index (χ2v) is 5.41. The molecular weight excluding hydrogens is 282 g/mol. The molecule has 1 aliphatic rings. The van der Waals surface area contributed by atoms with E-state index in [1.807, 2.05) is 16.9 Å². The molecule has 0 spiro atoms. The van der Waals surface area contributed by atoms with Crippen molar-refractivity contribution in [3.8, 4) is 5.88 Å². The van der Waals surface area contributed by atoms with Crippen molar-refractivity contribution in [2.24, 2.45) is 0 Å². The molecule has 22 heavy (non-hydrogen) atoms. The van der Waals surface area contributed by atoms with Crippen LogP contribution in [-0.2, 0) is 0 Å². The van der Waals surface area contributed by atoms with E-state index in [1.165, 1.54) is 19.5 Å². The second kappa shape index (κ2) is 6.55. The highest BCUT2D eigenvalue weighted by atomic mass is 16.5. The van der Waals surface area contributed by atoms with Gasteiger partial charge in [-0.05, 0) is 31.7 Å². The summed E-state index contributed by atoms with van der Waals surface area (Å²) < 4.78 is 6.94. The summed E-state index contributed by atoms with van der Waals surface area (Å²) in [5, 5.41) is 7.32.